The number of hydrogen-bond donors (Lipinski definition) is 5. The molecule has 184 valence electrons. The second kappa shape index (κ2) is 9.13. The summed E-state index contributed by atoms with van der Waals surface area (Å²) in [4.78, 5) is 13.0. The number of ether oxygens (including phenoxy) is 1. The Kier molecular flexibility index (Phi) is 6.55. The van der Waals surface area contributed by atoms with E-state index in [1.54, 1.807) is 19.1 Å². The fraction of sp³-hybridized carbons (Fsp3) is 0.476. The number of aliphatic hydroxyl groups excluding tert-OH is 2. The van der Waals surface area contributed by atoms with E-state index in [-0.39, 0.29) is 24.8 Å². The van der Waals surface area contributed by atoms with Gasteiger partial charge in [0.05, 0.1) is 28.6 Å². The van der Waals surface area contributed by atoms with Crippen LogP contribution in [0.15, 0.2) is 18.2 Å². The second-order valence-corrected chi connectivity index (χ2v) is 9.18. The highest BCUT2D eigenvalue weighted by Crippen LogP contribution is 2.41. The summed E-state index contributed by atoms with van der Waals surface area (Å²) in [5.74, 6) is -0.218. The maximum absolute atomic E-state index is 12.7. The number of anilines is 2. The van der Waals surface area contributed by atoms with Crippen molar-refractivity contribution in [1.82, 2.24) is 15.0 Å². The molecule has 9 nitrogen and oxygen atoms in total. The van der Waals surface area contributed by atoms with Crippen LogP contribution in [-0.4, -0.2) is 68.5 Å². The number of methoxy groups -OCH3 is 1. The molecule has 0 aliphatic heterocycles. The number of aromatic nitrogens is 3. The first kappa shape index (κ1) is 24.4. The molecule has 0 unspecified atom stereocenters. The largest absolute Gasteiger partial charge is 0.497 e. The lowest BCUT2D eigenvalue weighted by Gasteiger charge is -2.31. The van der Waals surface area contributed by atoms with Crippen molar-refractivity contribution in [3.63, 3.8) is 0 Å². The summed E-state index contributed by atoms with van der Waals surface area (Å²) in [6.45, 7) is -0.0657. The Morgan fingerprint density at radius 3 is 2.68 bits per heavy atom. The van der Waals surface area contributed by atoms with Crippen LogP contribution >= 0.6 is 11.3 Å². The lowest BCUT2D eigenvalue weighted by Crippen LogP contribution is -2.48. The number of nitrogens with zero attached hydrogens (tertiary/aromatic N) is 3. The normalized spacial score (nSPS) is 22.8. The molecule has 1 aromatic carbocycles. The molecule has 0 amide bonds. The van der Waals surface area contributed by atoms with Gasteiger partial charge in [0.1, 0.15) is 29.2 Å². The zero-order valence-corrected chi connectivity index (χ0v) is 19.2. The van der Waals surface area contributed by atoms with Gasteiger partial charge in [-0.3, -0.25) is 0 Å². The fourth-order valence-electron chi connectivity index (χ4n) is 3.95. The average molecular weight is 500 g/mol. The van der Waals surface area contributed by atoms with Gasteiger partial charge in [-0.2, -0.15) is 18.2 Å². The number of halogens is 3. The Morgan fingerprint density at radius 2 is 2.03 bits per heavy atom. The van der Waals surface area contributed by atoms with Gasteiger partial charge in [-0.05, 0) is 31.9 Å². The predicted octanol–water partition coefficient (Wildman–Crippen LogP) is 2.91. The van der Waals surface area contributed by atoms with Crippen molar-refractivity contribution in [1.29, 1.82) is 0 Å². The molecule has 34 heavy (non-hydrogen) atoms. The number of nitrogens with one attached hydrogen (secondary N) is 2. The van der Waals surface area contributed by atoms with Gasteiger partial charge in [-0.1, -0.05) is 0 Å². The van der Waals surface area contributed by atoms with Gasteiger partial charge in [-0.25, -0.2) is 9.97 Å². The summed E-state index contributed by atoms with van der Waals surface area (Å²) in [6.07, 6.45) is -5.35. The molecule has 0 bridgehead atoms. The molecule has 1 aliphatic carbocycles. The summed E-state index contributed by atoms with van der Waals surface area (Å²) in [5.41, 5.74) is -0.498. The number of hydrogen-bond acceptors (Lipinski definition) is 10. The Bertz CT molecular complexity index is 1190. The molecule has 1 fully saturated rings. The maximum atomic E-state index is 12.7. The number of thiazole rings is 1. The predicted molar refractivity (Wildman–Crippen MR) is 121 cm³/mol. The minimum Gasteiger partial charge on any atom is -0.497 e. The Labute approximate surface area is 196 Å². The summed E-state index contributed by atoms with van der Waals surface area (Å²) in [6, 6.07) is 5.36. The van der Waals surface area contributed by atoms with Gasteiger partial charge in [0.15, 0.2) is 5.72 Å². The molecule has 3 atom stereocenters. The number of fused-ring (bicyclic) bond motifs is 1. The van der Waals surface area contributed by atoms with Gasteiger partial charge in [-0.15, -0.1) is 11.3 Å². The second-order valence-electron chi connectivity index (χ2n) is 8.15. The first-order valence-electron chi connectivity index (χ1n) is 10.5. The van der Waals surface area contributed by atoms with Crippen LogP contribution < -0.4 is 15.4 Å². The van der Waals surface area contributed by atoms with E-state index in [0.29, 0.717) is 34.0 Å². The minimum absolute atomic E-state index is 0.0170. The maximum Gasteiger partial charge on any atom is 0.405 e. The molecule has 4 rings (SSSR count). The fourth-order valence-corrected chi connectivity index (χ4v) is 5.00. The van der Waals surface area contributed by atoms with Crippen LogP contribution in [0.5, 0.6) is 5.75 Å². The van der Waals surface area contributed by atoms with Crippen LogP contribution in [0.3, 0.4) is 0 Å². The number of aliphatic hydroxyl groups is 3. The standard InChI is InChI=1S/C21H24F3N5O4S/c1-10-15(18-27-13-7-12(33-2)3-4-14(13)34-18)17(28-19(26-10)25-9-21(22,23)24)29-20(32)6-5-11(8-30)16(20)31/h3-4,7,11,16,30-32H,5-6,8-9H2,1-2H3,(H2,25,26,28,29)/t11-,16-,20-/m1/s1. The molecule has 0 saturated heterocycles. The minimum atomic E-state index is -4.48. The van der Waals surface area contributed by atoms with E-state index in [0.717, 1.165) is 4.70 Å². The number of aryl methyl sites for hydroxylation is 1. The van der Waals surface area contributed by atoms with Crippen molar-refractivity contribution < 1.29 is 33.2 Å². The molecule has 1 saturated carbocycles. The zero-order valence-electron chi connectivity index (χ0n) is 18.3. The van der Waals surface area contributed by atoms with E-state index in [1.165, 1.54) is 18.4 Å². The SMILES string of the molecule is COc1ccc2sc(-c3c(C)nc(NCC(F)(F)F)nc3N[C@@]3(O)CC[C@H](CO)[C@H]3O)nc2c1. The molecule has 2 heterocycles. The van der Waals surface area contributed by atoms with Crippen molar-refractivity contribution in [3.8, 4) is 16.3 Å². The van der Waals surface area contributed by atoms with E-state index in [1.807, 2.05) is 6.07 Å². The summed E-state index contributed by atoms with van der Waals surface area (Å²) in [5, 5.41) is 36.5. The molecule has 0 radical (unpaired) electrons. The van der Waals surface area contributed by atoms with Crippen LogP contribution in [0.2, 0.25) is 0 Å². The van der Waals surface area contributed by atoms with Crippen molar-refractivity contribution in [2.24, 2.45) is 5.92 Å². The van der Waals surface area contributed by atoms with E-state index < -0.39 is 30.5 Å². The third-order valence-electron chi connectivity index (χ3n) is 5.75. The lowest BCUT2D eigenvalue weighted by atomic mass is 10.0. The molecule has 3 aromatic rings. The van der Waals surface area contributed by atoms with E-state index in [2.05, 4.69) is 25.6 Å². The van der Waals surface area contributed by atoms with Crippen molar-refractivity contribution >= 4 is 33.3 Å². The van der Waals surface area contributed by atoms with Crippen LogP contribution in [0.4, 0.5) is 24.9 Å². The lowest BCUT2D eigenvalue weighted by molar-refractivity contribution is -0.115. The molecule has 5 N–H and O–H groups in total. The molecular weight excluding hydrogens is 475 g/mol. The summed E-state index contributed by atoms with van der Waals surface area (Å²) >= 11 is 1.31. The Hall–Kier alpha value is -2.74. The van der Waals surface area contributed by atoms with Crippen molar-refractivity contribution in [2.45, 2.75) is 37.8 Å². The highest BCUT2D eigenvalue weighted by atomic mass is 32.1. The molecule has 1 aliphatic rings. The molecule has 13 heteroatoms. The van der Waals surface area contributed by atoms with Gasteiger partial charge in [0, 0.05) is 18.6 Å². The Morgan fingerprint density at radius 1 is 1.26 bits per heavy atom. The topological polar surface area (TPSA) is 133 Å². The first-order valence-corrected chi connectivity index (χ1v) is 11.3. The van der Waals surface area contributed by atoms with Crippen LogP contribution in [0.1, 0.15) is 18.5 Å². The Balaban J connectivity index is 1.78. The third kappa shape index (κ3) is 4.87. The quantitative estimate of drug-likeness (QED) is 0.311. The zero-order chi connectivity index (χ0) is 24.7. The van der Waals surface area contributed by atoms with E-state index in [4.69, 9.17) is 4.74 Å². The third-order valence-corrected chi connectivity index (χ3v) is 6.80. The van der Waals surface area contributed by atoms with Gasteiger partial charge in [0.2, 0.25) is 5.95 Å². The molecule has 0 spiro atoms. The monoisotopic (exact) mass is 499 g/mol. The average Bonchev–Trinajstić information content (AvgIpc) is 3.31. The molecular formula is C21H24F3N5O4S. The van der Waals surface area contributed by atoms with Gasteiger partial charge >= 0.3 is 6.18 Å². The number of rotatable bonds is 7. The first-order chi connectivity index (χ1) is 16.0. The van der Waals surface area contributed by atoms with Crippen molar-refractivity contribution in [2.75, 3.05) is 30.9 Å². The highest BCUT2D eigenvalue weighted by Gasteiger charge is 2.47. The molecule has 2 aromatic heterocycles. The smallest absolute Gasteiger partial charge is 0.405 e. The van der Waals surface area contributed by atoms with E-state index >= 15 is 0 Å². The van der Waals surface area contributed by atoms with Crippen LogP contribution in [0, 0.1) is 12.8 Å². The highest BCUT2D eigenvalue weighted by molar-refractivity contribution is 7.21. The summed E-state index contributed by atoms with van der Waals surface area (Å²) in [7, 11) is 1.54. The van der Waals surface area contributed by atoms with E-state index in [9.17, 15) is 28.5 Å². The van der Waals surface area contributed by atoms with Crippen LogP contribution in [0.25, 0.3) is 20.8 Å². The number of benzene rings is 1. The van der Waals surface area contributed by atoms with Crippen LogP contribution in [-0.2, 0) is 0 Å². The van der Waals surface area contributed by atoms with Crippen molar-refractivity contribution in [3.05, 3.63) is 23.9 Å². The summed E-state index contributed by atoms with van der Waals surface area (Å²) < 4.78 is 44.3. The number of alkyl halides is 3. The van der Waals surface area contributed by atoms with Gasteiger partial charge in [0.25, 0.3) is 0 Å². The van der Waals surface area contributed by atoms with Gasteiger partial charge < -0.3 is 30.7 Å².